The number of rotatable bonds is 6. The molecule has 0 aliphatic rings. The molecule has 0 saturated heterocycles. The van der Waals surface area contributed by atoms with Gasteiger partial charge < -0.3 is 10.4 Å². The molecule has 0 aromatic carbocycles. The first-order valence-corrected chi connectivity index (χ1v) is 4.66. The van der Waals surface area contributed by atoms with Crippen molar-refractivity contribution in [2.75, 3.05) is 6.54 Å². The van der Waals surface area contributed by atoms with Crippen molar-refractivity contribution in [2.45, 2.75) is 25.5 Å². The maximum absolute atomic E-state index is 11.9. The first-order chi connectivity index (χ1) is 7.59. The van der Waals surface area contributed by atoms with Crippen molar-refractivity contribution in [3.8, 4) is 0 Å². The van der Waals surface area contributed by atoms with Crippen LogP contribution in [-0.2, 0) is 11.3 Å². The third kappa shape index (κ3) is 4.30. The molecule has 0 bridgehead atoms. The van der Waals surface area contributed by atoms with E-state index >= 15 is 0 Å². The van der Waals surface area contributed by atoms with E-state index < -0.39 is 25.0 Å². The molecule has 2 N–H and O–H groups in total. The van der Waals surface area contributed by atoms with Gasteiger partial charge in [-0.2, -0.15) is 0 Å². The van der Waals surface area contributed by atoms with Crippen LogP contribution in [0, 0.1) is 0 Å². The van der Waals surface area contributed by atoms with Crippen LogP contribution in [0.15, 0.2) is 12.4 Å². The van der Waals surface area contributed by atoms with Gasteiger partial charge in [0.1, 0.15) is 6.10 Å². The summed E-state index contributed by atoms with van der Waals surface area (Å²) in [7, 11) is 0. The monoisotopic (exact) mass is 234 g/mol. The second-order valence-corrected chi connectivity index (χ2v) is 3.12. The summed E-state index contributed by atoms with van der Waals surface area (Å²) < 4.78 is 25.2. The Labute approximate surface area is 90.3 Å². The van der Waals surface area contributed by atoms with Crippen LogP contribution in [0.2, 0.25) is 0 Å². The molecule has 6 nitrogen and oxygen atoms in total. The molecule has 0 aliphatic carbocycles. The highest BCUT2D eigenvalue weighted by Crippen LogP contribution is 1.98. The number of halogens is 2. The topological polar surface area (TPSA) is 80.0 Å². The quantitative estimate of drug-likeness (QED) is 0.689. The molecule has 0 fully saturated rings. The average molecular weight is 234 g/mol. The van der Waals surface area contributed by atoms with Crippen molar-refractivity contribution in [3.05, 3.63) is 12.4 Å². The van der Waals surface area contributed by atoms with Crippen molar-refractivity contribution in [2.24, 2.45) is 0 Å². The molecule has 0 saturated carbocycles. The fourth-order valence-corrected chi connectivity index (χ4v) is 0.964. The van der Waals surface area contributed by atoms with E-state index in [1.54, 1.807) is 6.20 Å². The second-order valence-electron chi connectivity index (χ2n) is 3.12. The van der Waals surface area contributed by atoms with Crippen molar-refractivity contribution >= 4 is 5.91 Å². The van der Waals surface area contributed by atoms with E-state index in [1.165, 1.54) is 10.9 Å². The van der Waals surface area contributed by atoms with Gasteiger partial charge in [-0.25, -0.2) is 8.78 Å². The number of hydrogen-bond acceptors (Lipinski definition) is 4. The zero-order valence-corrected chi connectivity index (χ0v) is 8.38. The molecular weight excluding hydrogens is 222 g/mol. The molecule has 0 radical (unpaired) electrons. The lowest BCUT2D eigenvalue weighted by molar-refractivity contribution is -0.122. The van der Waals surface area contributed by atoms with Gasteiger partial charge >= 0.3 is 0 Å². The molecule has 1 unspecified atom stereocenters. The third-order valence-corrected chi connectivity index (χ3v) is 1.84. The SMILES string of the molecule is O=C(CCn1ccnn1)NCC(O)C(F)F. The van der Waals surface area contributed by atoms with Crippen LogP contribution >= 0.6 is 0 Å². The molecule has 0 spiro atoms. The summed E-state index contributed by atoms with van der Waals surface area (Å²) in [5.41, 5.74) is 0. The minimum absolute atomic E-state index is 0.0965. The number of aliphatic hydroxyl groups excluding tert-OH is 1. The van der Waals surface area contributed by atoms with Crippen molar-refractivity contribution < 1.29 is 18.7 Å². The number of amides is 1. The van der Waals surface area contributed by atoms with Crippen LogP contribution < -0.4 is 5.32 Å². The maximum Gasteiger partial charge on any atom is 0.265 e. The Morgan fingerprint density at radius 2 is 2.31 bits per heavy atom. The molecule has 90 valence electrons. The number of hydrogen-bond donors (Lipinski definition) is 2. The average Bonchev–Trinajstić information content (AvgIpc) is 2.75. The Morgan fingerprint density at radius 3 is 2.88 bits per heavy atom. The molecule has 8 heteroatoms. The van der Waals surface area contributed by atoms with Crippen LogP contribution in [0.3, 0.4) is 0 Å². The minimum Gasteiger partial charge on any atom is -0.385 e. The predicted molar refractivity (Wildman–Crippen MR) is 49.7 cm³/mol. The Kier molecular flexibility index (Phi) is 4.77. The molecule has 16 heavy (non-hydrogen) atoms. The van der Waals surface area contributed by atoms with E-state index in [-0.39, 0.29) is 6.42 Å². The molecule has 1 rings (SSSR count). The lowest BCUT2D eigenvalue weighted by Crippen LogP contribution is -2.36. The van der Waals surface area contributed by atoms with Gasteiger partial charge in [0.15, 0.2) is 0 Å². The Balaban J connectivity index is 2.16. The number of aliphatic hydroxyl groups is 1. The Bertz CT molecular complexity index is 318. The van der Waals surface area contributed by atoms with Crippen LogP contribution in [0.25, 0.3) is 0 Å². The van der Waals surface area contributed by atoms with Gasteiger partial charge in [0.25, 0.3) is 6.43 Å². The van der Waals surface area contributed by atoms with Gasteiger partial charge in [0.05, 0.1) is 12.7 Å². The summed E-state index contributed by atoms with van der Waals surface area (Å²) in [5.74, 6) is -0.421. The molecule has 1 aromatic rings. The number of carbonyl (C=O) groups is 1. The van der Waals surface area contributed by atoms with Gasteiger partial charge in [-0.1, -0.05) is 5.21 Å². The van der Waals surface area contributed by atoms with Crippen molar-refractivity contribution in [1.29, 1.82) is 0 Å². The lowest BCUT2D eigenvalue weighted by Gasteiger charge is -2.10. The molecule has 1 amide bonds. The van der Waals surface area contributed by atoms with Crippen LogP contribution in [0.1, 0.15) is 6.42 Å². The first-order valence-electron chi connectivity index (χ1n) is 4.66. The molecular formula is C8H12F2N4O2. The van der Waals surface area contributed by atoms with Crippen LogP contribution in [-0.4, -0.2) is 45.1 Å². The normalized spacial score (nSPS) is 12.8. The minimum atomic E-state index is -2.85. The summed E-state index contributed by atoms with van der Waals surface area (Å²) in [5, 5.41) is 18.1. The van der Waals surface area contributed by atoms with Crippen molar-refractivity contribution in [3.63, 3.8) is 0 Å². The number of alkyl halides is 2. The van der Waals surface area contributed by atoms with E-state index in [0.29, 0.717) is 6.54 Å². The van der Waals surface area contributed by atoms with E-state index in [1.807, 2.05) is 0 Å². The molecule has 1 atom stereocenters. The predicted octanol–water partition coefficient (Wildman–Crippen LogP) is -0.590. The van der Waals surface area contributed by atoms with Crippen LogP contribution in [0.5, 0.6) is 0 Å². The van der Waals surface area contributed by atoms with E-state index in [9.17, 15) is 13.6 Å². The lowest BCUT2D eigenvalue weighted by atomic mass is 10.3. The smallest absolute Gasteiger partial charge is 0.265 e. The van der Waals surface area contributed by atoms with Gasteiger partial charge in [-0.15, -0.1) is 5.10 Å². The fraction of sp³-hybridized carbons (Fsp3) is 0.625. The highest BCUT2D eigenvalue weighted by molar-refractivity contribution is 5.75. The summed E-state index contributed by atoms with van der Waals surface area (Å²) >= 11 is 0. The highest BCUT2D eigenvalue weighted by atomic mass is 19.3. The molecule has 0 aliphatic heterocycles. The van der Waals surface area contributed by atoms with Crippen LogP contribution in [0.4, 0.5) is 8.78 Å². The zero-order valence-electron chi connectivity index (χ0n) is 8.38. The van der Waals surface area contributed by atoms with Gasteiger partial charge in [-0.3, -0.25) is 9.48 Å². The summed E-state index contributed by atoms with van der Waals surface area (Å²) in [6.45, 7) is -0.134. The number of aryl methyl sites for hydroxylation is 1. The number of nitrogens with zero attached hydrogens (tertiary/aromatic N) is 3. The Hall–Kier alpha value is -1.57. The summed E-state index contributed by atoms with van der Waals surface area (Å²) in [6, 6.07) is 0. The molecule has 1 heterocycles. The van der Waals surface area contributed by atoms with Gasteiger partial charge in [0, 0.05) is 19.2 Å². The third-order valence-electron chi connectivity index (χ3n) is 1.84. The number of nitrogens with one attached hydrogen (secondary N) is 1. The van der Waals surface area contributed by atoms with Gasteiger partial charge in [0.2, 0.25) is 5.91 Å². The van der Waals surface area contributed by atoms with E-state index in [0.717, 1.165) is 0 Å². The highest BCUT2D eigenvalue weighted by Gasteiger charge is 2.17. The molecule has 1 aromatic heterocycles. The number of carbonyl (C=O) groups excluding carboxylic acids is 1. The van der Waals surface area contributed by atoms with E-state index in [2.05, 4.69) is 15.6 Å². The summed E-state index contributed by atoms with van der Waals surface area (Å²) in [4.78, 5) is 11.1. The Morgan fingerprint density at radius 1 is 1.56 bits per heavy atom. The summed E-state index contributed by atoms with van der Waals surface area (Å²) in [6.07, 6.45) is -1.52. The zero-order chi connectivity index (χ0) is 12.0. The second kappa shape index (κ2) is 6.11. The first kappa shape index (κ1) is 12.5. The standard InChI is InChI=1S/C8H12F2N4O2/c9-8(10)6(15)5-11-7(16)1-3-14-4-2-12-13-14/h2,4,6,8,15H,1,3,5H2,(H,11,16). The van der Waals surface area contributed by atoms with E-state index in [4.69, 9.17) is 5.11 Å². The van der Waals surface area contributed by atoms with Crippen molar-refractivity contribution in [1.82, 2.24) is 20.3 Å². The fourth-order valence-electron chi connectivity index (χ4n) is 0.964. The maximum atomic E-state index is 11.9. The largest absolute Gasteiger partial charge is 0.385 e. The van der Waals surface area contributed by atoms with Gasteiger partial charge in [-0.05, 0) is 0 Å². The number of aromatic nitrogens is 3.